The first-order chi connectivity index (χ1) is 10.5. The third-order valence-electron chi connectivity index (χ3n) is 2.94. The molecular weight excluding hydrogens is 350 g/mol. The van der Waals surface area contributed by atoms with E-state index in [1.807, 2.05) is 19.1 Å². The van der Waals surface area contributed by atoms with Gasteiger partial charge in [0, 0.05) is 22.3 Å². The third kappa shape index (κ3) is 4.29. The van der Waals surface area contributed by atoms with Gasteiger partial charge in [-0.2, -0.15) is 4.73 Å². The number of anilines is 1. The molecule has 0 saturated heterocycles. The normalized spacial score (nSPS) is 10.1. The van der Waals surface area contributed by atoms with Gasteiger partial charge in [-0.25, -0.2) is 0 Å². The number of aryl methyl sites for hydroxylation is 1. The number of amides is 2. The van der Waals surface area contributed by atoms with Crippen LogP contribution in [0.2, 0.25) is 0 Å². The lowest BCUT2D eigenvalue weighted by molar-refractivity contribution is -0.605. The van der Waals surface area contributed by atoms with Crippen molar-refractivity contribution in [1.29, 1.82) is 0 Å². The molecule has 1 aromatic heterocycles. The van der Waals surface area contributed by atoms with Gasteiger partial charge in [0.25, 0.3) is 5.91 Å². The van der Waals surface area contributed by atoms with Gasteiger partial charge in [0.2, 0.25) is 5.91 Å². The van der Waals surface area contributed by atoms with Crippen LogP contribution in [0.3, 0.4) is 0 Å². The molecule has 6 nitrogen and oxygen atoms in total. The average molecular weight is 364 g/mol. The molecule has 22 heavy (non-hydrogen) atoms. The predicted octanol–water partition coefficient (Wildman–Crippen LogP) is 1.76. The Labute approximate surface area is 135 Å². The summed E-state index contributed by atoms with van der Waals surface area (Å²) in [5.74, 6) is -0.739. The lowest BCUT2D eigenvalue weighted by atomic mass is 10.2. The monoisotopic (exact) mass is 363 g/mol. The number of benzene rings is 1. The molecule has 0 radical (unpaired) electrons. The van der Waals surface area contributed by atoms with Crippen molar-refractivity contribution in [1.82, 2.24) is 5.32 Å². The molecule has 0 fully saturated rings. The van der Waals surface area contributed by atoms with Crippen LogP contribution >= 0.6 is 15.9 Å². The van der Waals surface area contributed by atoms with Crippen LogP contribution in [0.5, 0.6) is 0 Å². The first-order valence-corrected chi connectivity index (χ1v) is 7.28. The Balaban J connectivity index is 1.89. The van der Waals surface area contributed by atoms with Crippen molar-refractivity contribution >= 4 is 33.4 Å². The Morgan fingerprint density at radius 1 is 1.23 bits per heavy atom. The minimum atomic E-state index is -0.414. The smallest absolute Gasteiger partial charge is 0.252 e. The Kier molecular flexibility index (Phi) is 5.11. The number of aromatic nitrogens is 1. The molecule has 7 heteroatoms. The van der Waals surface area contributed by atoms with Crippen molar-refractivity contribution in [2.24, 2.45) is 0 Å². The number of nitrogens with zero attached hydrogens (tertiary/aromatic N) is 1. The van der Waals surface area contributed by atoms with E-state index in [0.717, 1.165) is 10.0 Å². The molecular formula is C15H14BrN3O3. The second-order valence-electron chi connectivity index (χ2n) is 4.64. The van der Waals surface area contributed by atoms with Crippen molar-refractivity contribution in [2.45, 2.75) is 6.92 Å². The van der Waals surface area contributed by atoms with E-state index in [2.05, 4.69) is 26.6 Å². The zero-order valence-corrected chi connectivity index (χ0v) is 13.4. The Bertz CT molecular complexity index is 702. The van der Waals surface area contributed by atoms with E-state index in [9.17, 15) is 14.8 Å². The average Bonchev–Trinajstić information content (AvgIpc) is 2.48. The summed E-state index contributed by atoms with van der Waals surface area (Å²) >= 11 is 3.35. The molecule has 2 amide bonds. The summed E-state index contributed by atoms with van der Waals surface area (Å²) in [4.78, 5) is 23.7. The summed E-state index contributed by atoms with van der Waals surface area (Å²) in [6, 6.07) is 8.27. The first kappa shape index (κ1) is 16.0. The maximum absolute atomic E-state index is 11.8. The lowest BCUT2D eigenvalue weighted by Gasteiger charge is -2.09. The highest BCUT2D eigenvalue weighted by molar-refractivity contribution is 9.10. The number of carbonyl (C=O) groups excluding carboxylic acids is 2. The quantitative estimate of drug-likeness (QED) is 0.641. The van der Waals surface area contributed by atoms with Gasteiger partial charge in [-0.1, -0.05) is 15.9 Å². The van der Waals surface area contributed by atoms with E-state index < -0.39 is 5.91 Å². The molecule has 1 aromatic carbocycles. The summed E-state index contributed by atoms with van der Waals surface area (Å²) in [6.07, 6.45) is 2.44. The predicted molar refractivity (Wildman–Crippen MR) is 85.2 cm³/mol. The van der Waals surface area contributed by atoms with Crippen LogP contribution in [0.4, 0.5) is 5.69 Å². The first-order valence-electron chi connectivity index (χ1n) is 6.49. The molecule has 1 heterocycles. The van der Waals surface area contributed by atoms with E-state index in [0.29, 0.717) is 16.0 Å². The second-order valence-corrected chi connectivity index (χ2v) is 5.55. The second kappa shape index (κ2) is 7.04. The van der Waals surface area contributed by atoms with Crippen LogP contribution in [0.1, 0.15) is 15.9 Å². The topological polar surface area (TPSA) is 85.1 Å². The van der Waals surface area contributed by atoms with Gasteiger partial charge in [0.15, 0.2) is 12.4 Å². The largest absolute Gasteiger partial charge is 0.619 e. The number of rotatable bonds is 4. The zero-order chi connectivity index (χ0) is 16.1. The standard InChI is InChI=1S/C15H14BrN3O3/c1-10-8-12(16)2-3-13(10)18-14(20)9-17-15(21)11-4-6-19(22)7-5-11/h2-8H,9H2,1H3,(H,17,21)(H,18,20). The highest BCUT2D eigenvalue weighted by atomic mass is 79.9. The van der Waals surface area contributed by atoms with Crippen LogP contribution in [0, 0.1) is 12.1 Å². The molecule has 0 aliphatic rings. The molecule has 2 aromatic rings. The number of hydrogen-bond acceptors (Lipinski definition) is 3. The van der Waals surface area contributed by atoms with E-state index in [1.165, 1.54) is 24.5 Å². The Morgan fingerprint density at radius 3 is 2.55 bits per heavy atom. The Hall–Kier alpha value is -2.41. The maximum Gasteiger partial charge on any atom is 0.252 e. The molecule has 0 saturated carbocycles. The van der Waals surface area contributed by atoms with Gasteiger partial charge in [-0.3, -0.25) is 9.59 Å². The maximum atomic E-state index is 11.8. The lowest BCUT2D eigenvalue weighted by Crippen LogP contribution is -2.33. The molecule has 0 unspecified atom stereocenters. The molecule has 0 bridgehead atoms. The number of nitrogens with one attached hydrogen (secondary N) is 2. The van der Waals surface area contributed by atoms with Crippen molar-refractivity contribution in [3.63, 3.8) is 0 Å². The van der Waals surface area contributed by atoms with Crippen LogP contribution in [-0.4, -0.2) is 18.4 Å². The molecule has 2 N–H and O–H groups in total. The molecule has 2 rings (SSSR count). The number of pyridine rings is 1. The fourth-order valence-corrected chi connectivity index (χ4v) is 2.26. The third-order valence-corrected chi connectivity index (χ3v) is 3.43. The van der Waals surface area contributed by atoms with E-state index >= 15 is 0 Å². The van der Waals surface area contributed by atoms with Crippen LogP contribution in [0.15, 0.2) is 47.2 Å². The highest BCUT2D eigenvalue weighted by Gasteiger charge is 2.10. The van der Waals surface area contributed by atoms with Gasteiger partial charge >= 0.3 is 0 Å². The van der Waals surface area contributed by atoms with Gasteiger partial charge in [-0.05, 0) is 30.7 Å². The molecule has 0 aliphatic heterocycles. The summed E-state index contributed by atoms with van der Waals surface area (Å²) in [5, 5.41) is 16.1. The van der Waals surface area contributed by atoms with E-state index in [4.69, 9.17) is 0 Å². The van der Waals surface area contributed by atoms with Crippen LogP contribution in [0.25, 0.3) is 0 Å². The minimum absolute atomic E-state index is 0.152. The molecule has 114 valence electrons. The van der Waals surface area contributed by atoms with E-state index in [-0.39, 0.29) is 12.5 Å². The SMILES string of the molecule is Cc1cc(Br)ccc1NC(=O)CNC(=O)c1cc[n+]([O-])cc1. The fourth-order valence-electron chi connectivity index (χ4n) is 1.79. The highest BCUT2D eigenvalue weighted by Crippen LogP contribution is 2.19. The summed E-state index contributed by atoms with van der Waals surface area (Å²) in [5.41, 5.74) is 1.92. The molecule has 0 aliphatic carbocycles. The molecule has 0 atom stereocenters. The summed E-state index contributed by atoms with van der Waals surface area (Å²) in [7, 11) is 0. The molecule has 0 spiro atoms. The van der Waals surface area contributed by atoms with Crippen molar-refractivity contribution in [3.05, 3.63) is 63.5 Å². The minimum Gasteiger partial charge on any atom is -0.619 e. The summed E-state index contributed by atoms with van der Waals surface area (Å²) in [6.45, 7) is 1.72. The van der Waals surface area contributed by atoms with Crippen molar-refractivity contribution < 1.29 is 14.3 Å². The van der Waals surface area contributed by atoms with Gasteiger partial charge in [-0.15, -0.1) is 0 Å². The van der Waals surface area contributed by atoms with Crippen molar-refractivity contribution in [3.8, 4) is 0 Å². The zero-order valence-electron chi connectivity index (χ0n) is 11.8. The van der Waals surface area contributed by atoms with Gasteiger partial charge < -0.3 is 15.8 Å². The fraction of sp³-hybridized carbons (Fsp3) is 0.133. The van der Waals surface area contributed by atoms with E-state index in [1.54, 1.807) is 6.07 Å². The van der Waals surface area contributed by atoms with Crippen LogP contribution < -0.4 is 15.4 Å². The number of halogens is 1. The van der Waals surface area contributed by atoms with Gasteiger partial charge in [0.05, 0.1) is 12.1 Å². The van der Waals surface area contributed by atoms with Gasteiger partial charge in [0.1, 0.15) is 0 Å². The van der Waals surface area contributed by atoms with Crippen LogP contribution in [-0.2, 0) is 4.79 Å². The number of hydrogen-bond donors (Lipinski definition) is 2. The summed E-state index contributed by atoms with van der Waals surface area (Å²) < 4.78 is 1.51. The Morgan fingerprint density at radius 2 is 1.91 bits per heavy atom. The van der Waals surface area contributed by atoms with Crippen molar-refractivity contribution in [2.75, 3.05) is 11.9 Å². The number of carbonyl (C=O) groups is 2.